The first-order valence-electron chi connectivity index (χ1n) is 6.90. The zero-order valence-corrected chi connectivity index (χ0v) is 14.5. The molecule has 1 aromatic rings. The number of carbonyl (C=O) groups is 2. The molecule has 1 fully saturated rings. The van der Waals surface area contributed by atoms with Crippen LogP contribution in [-0.2, 0) is 9.53 Å². The van der Waals surface area contributed by atoms with E-state index < -0.39 is 35.9 Å². The van der Waals surface area contributed by atoms with Crippen molar-refractivity contribution >= 4 is 34.6 Å². The van der Waals surface area contributed by atoms with Gasteiger partial charge in [0.2, 0.25) is 0 Å². The number of hydrogen-bond donors (Lipinski definition) is 3. The van der Waals surface area contributed by atoms with E-state index in [0.717, 1.165) is 0 Å². The summed E-state index contributed by atoms with van der Waals surface area (Å²) in [4.78, 5) is 23.9. The van der Waals surface area contributed by atoms with Gasteiger partial charge in [0.25, 0.3) is 5.72 Å². The van der Waals surface area contributed by atoms with Gasteiger partial charge >= 0.3 is 18.2 Å². The molecule has 2 rings (SSSR count). The Hall–Kier alpha value is -1.56. The molecule has 0 radical (unpaired) electrons. The number of amides is 2. The monoisotopic (exact) mass is 458 g/mol. The molecule has 0 saturated carbocycles. The molecule has 1 aromatic carbocycles. The summed E-state index contributed by atoms with van der Waals surface area (Å²) < 4.78 is 45.5. The Balaban J connectivity index is 2.60. The standard InChI is InChI=1S/C14H14F3IN2O4/c1-2-24-11(21)9-10(7-5-3-4-6-8(7)18)19-12(22)20-13(9,23)14(15,16)17/h3-6,9-10,23H,2H2,1H3,(H2,19,20,22)/t9-,10+,13-/m0/s1. The number of esters is 1. The number of ether oxygens (including phenoxy) is 1. The Labute approximate surface area is 148 Å². The third-order valence-electron chi connectivity index (χ3n) is 3.59. The zero-order valence-electron chi connectivity index (χ0n) is 12.4. The molecular formula is C14H14F3IN2O4. The smallest absolute Gasteiger partial charge is 0.437 e. The van der Waals surface area contributed by atoms with Crippen molar-refractivity contribution in [1.82, 2.24) is 10.6 Å². The molecule has 132 valence electrons. The van der Waals surface area contributed by atoms with Crippen molar-refractivity contribution in [3.63, 3.8) is 0 Å². The molecule has 0 spiro atoms. The predicted molar refractivity (Wildman–Crippen MR) is 84.7 cm³/mol. The molecule has 10 heteroatoms. The summed E-state index contributed by atoms with van der Waals surface area (Å²) in [6.07, 6.45) is -5.28. The highest BCUT2D eigenvalue weighted by Gasteiger charge is 2.67. The van der Waals surface area contributed by atoms with Crippen LogP contribution in [0.3, 0.4) is 0 Å². The number of rotatable bonds is 3. The summed E-state index contributed by atoms with van der Waals surface area (Å²) in [6.45, 7) is 1.26. The molecule has 1 aliphatic heterocycles. The van der Waals surface area contributed by atoms with Gasteiger partial charge in [0, 0.05) is 3.57 Å². The van der Waals surface area contributed by atoms with Crippen LogP contribution in [0.1, 0.15) is 18.5 Å². The first-order chi connectivity index (χ1) is 11.1. The highest BCUT2D eigenvalue weighted by atomic mass is 127. The van der Waals surface area contributed by atoms with Crippen molar-refractivity contribution in [1.29, 1.82) is 0 Å². The third kappa shape index (κ3) is 3.29. The van der Waals surface area contributed by atoms with E-state index in [1.807, 2.05) is 22.6 Å². The molecule has 1 heterocycles. The summed E-state index contributed by atoms with van der Waals surface area (Å²) in [7, 11) is 0. The second-order valence-electron chi connectivity index (χ2n) is 5.09. The van der Waals surface area contributed by atoms with Gasteiger partial charge in [-0.2, -0.15) is 13.2 Å². The molecule has 24 heavy (non-hydrogen) atoms. The lowest BCUT2D eigenvalue weighted by molar-refractivity contribution is -0.294. The van der Waals surface area contributed by atoms with E-state index in [1.54, 1.807) is 18.2 Å². The van der Waals surface area contributed by atoms with Crippen molar-refractivity contribution in [2.24, 2.45) is 5.92 Å². The fourth-order valence-corrected chi connectivity index (χ4v) is 3.25. The number of halogens is 4. The molecule has 0 bridgehead atoms. The molecular weight excluding hydrogens is 444 g/mol. The number of alkyl halides is 3. The normalized spacial score (nSPS) is 27.2. The Morgan fingerprint density at radius 2 is 2.04 bits per heavy atom. The molecule has 1 saturated heterocycles. The van der Waals surface area contributed by atoms with E-state index in [4.69, 9.17) is 4.74 Å². The number of nitrogens with one attached hydrogen (secondary N) is 2. The van der Waals surface area contributed by atoms with E-state index in [1.165, 1.54) is 18.3 Å². The molecule has 3 N–H and O–H groups in total. The van der Waals surface area contributed by atoms with Crippen molar-refractivity contribution in [2.45, 2.75) is 24.9 Å². The van der Waals surface area contributed by atoms with Crippen LogP contribution in [0.2, 0.25) is 0 Å². The van der Waals surface area contributed by atoms with Gasteiger partial charge in [-0.05, 0) is 41.1 Å². The number of aliphatic hydroxyl groups is 1. The van der Waals surface area contributed by atoms with Crippen LogP contribution >= 0.6 is 22.6 Å². The number of hydrogen-bond acceptors (Lipinski definition) is 4. The van der Waals surface area contributed by atoms with E-state index >= 15 is 0 Å². The van der Waals surface area contributed by atoms with Gasteiger partial charge in [0.05, 0.1) is 12.6 Å². The maximum absolute atomic E-state index is 13.4. The van der Waals surface area contributed by atoms with Gasteiger partial charge in [-0.15, -0.1) is 0 Å². The summed E-state index contributed by atoms with van der Waals surface area (Å²) >= 11 is 1.87. The van der Waals surface area contributed by atoms with E-state index in [0.29, 0.717) is 3.57 Å². The number of urea groups is 1. The lowest BCUT2D eigenvalue weighted by Crippen LogP contribution is -2.73. The minimum atomic E-state index is -5.28. The molecule has 2 amide bonds. The maximum Gasteiger partial charge on any atom is 0.437 e. The van der Waals surface area contributed by atoms with Crippen LogP contribution < -0.4 is 10.6 Å². The number of benzene rings is 1. The van der Waals surface area contributed by atoms with Crippen LogP contribution in [0.5, 0.6) is 0 Å². The van der Waals surface area contributed by atoms with Crippen LogP contribution in [0, 0.1) is 9.49 Å². The lowest BCUT2D eigenvalue weighted by atomic mass is 9.82. The highest BCUT2D eigenvalue weighted by Crippen LogP contribution is 2.43. The first kappa shape index (κ1) is 18.8. The fourth-order valence-electron chi connectivity index (χ4n) is 2.52. The van der Waals surface area contributed by atoms with Crippen molar-refractivity contribution in [2.75, 3.05) is 6.61 Å². The van der Waals surface area contributed by atoms with Crippen LogP contribution in [-0.4, -0.2) is 35.6 Å². The van der Waals surface area contributed by atoms with Crippen molar-refractivity contribution < 1.29 is 32.6 Å². The Morgan fingerprint density at radius 3 is 2.58 bits per heavy atom. The first-order valence-corrected chi connectivity index (χ1v) is 7.98. The van der Waals surface area contributed by atoms with Gasteiger partial charge in [-0.1, -0.05) is 18.2 Å². The Kier molecular flexibility index (Phi) is 5.28. The molecule has 0 aliphatic carbocycles. The summed E-state index contributed by atoms with van der Waals surface area (Å²) in [5.41, 5.74) is -3.47. The van der Waals surface area contributed by atoms with Gasteiger partial charge in [-0.25, -0.2) is 4.79 Å². The minimum absolute atomic E-state index is 0.171. The molecule has 0 unspecified atom stereocenters. The average molecular weight is 458 g/mol. The van der Waals surface area contributed by atoms with Gasteiger partial charge < -0.3 is 20.5 Å². The second kappa shape index (κ2) is 6.75. The van der Waals surface area contributed by atoms with E-state index in [-0.39, 0.29) is 12.2 Å². The van der Waals surface area contributed by atoms with E-state index in [9.17, 15) is 27.9 Å². The second-order valence-corrected chi connectivity index (χ2v) is 6.25. The summed E-state index contributed by atoms with van der Waals surface area (Å²) in [5, 5.41) is 13.9. The van der Waals surface area contributed by atoms with Gasteiger partial charge in [-0.3, -0.25) is 4.79 Å². The Bertz CT molecular complexity index is 655. The predicted octanol–water partition coefficient (Wildman–Crippen LogP) is 2.08. The topological polar surface area (TPSA) is 87.7 Å². The molecule has 6 nitrogen and oxygen atoms in total. The van der Waals surface area contributed by atoms with Crippen molar-refractivity contribution in [3.05, 3.63) is 33.4 Å². The van der Waals surface area contributed by atoms with Crippen molar-refractivity contribution in [3.8, 4) is 0 Å². The molecule has 0 aromatic heterocycles. The maximum atomic E-state index is 13.4. The average Bonchev–Trinajstić information content (AvgIpc) is 2.45. The fraction of sp³-hybridized carbons (Fsp3) is 0.429. The third-order valence-corrected chi connectivity index (χ3v) is 4.57. The van der Waals surface area contributed by atoms with Crippen LogP contribution in [0.4, 0.5) is 18.0 Å². The molecule has 3 atom stereocenters. The summed E-state index contributed by atoms with van der Waals surface area (Å²) in [6, 6.07) is 3.65. The minimum Gasteiger partial charge on any atom is -0.466 e. The van der Waals surface area contributed by atoms with Gasteiger partial charge in [0.1, 0.15) is 5.92 Å². The quantitative estimate of drug-likeness (QED) is 0.479. The van der Waals surface area contributed by atoms with Crippen LogP contribution in [0.15, 0.2) is 24.3 Å². The van der Waals surface area contributed by atoms with Crippen LogP contribution in [0.25, 0.3) is 0 Å². The largest absolute Gasteiger partial charge is 0.466 e. The molecule has 1 aliphatic rings. The zero-order chi connectivity index (χ0) is 18.1. The number of carbonyl (C=O) groups excluding carboxylic acids is 2. The van der Waals surface area contributed by atoms with E-state index in [2.05, 4.69) is 5.32 Å². The summed E-state index contributed by atoms with van der Waals surface area (Å²) in [5.74, 6) is -3.37. The Morgan fingerprint density at radius 1 is 1.42 bits per heavy atom. The lowest BCUT2D eigenvalue weighted by Gasteiger charge is -2.44. The highest BCUT2D eigenvalue weighted by molar-refractivity contribution is 14.1. The SMILES string of the molecule is CCOC(=O)[C@@H]1[C@@H](c2ccccc2I)NC(=O)N[C@@]1(O)C(F)(F)F. The van der Waals surface area contributed by atoms with Gasteiger partial charge in [0.15, 0.2) is 0 Å².